The zero-order valence-electron chi connectivity index (χ0n) is 31.9. The fraction of sp³-hybridized carbons (Fsp3) is 0.167. The standard InChI is InChI=1S/C48H41NO9S/c50-44(36-23-11-3-12-24-36)54-33-40(55-45(51)37-25-13-4-14-26-37)41-42(56-46(52)38-27-15-5-16-28-38)43(57-47(53)39-29-17-6-18-30-39)48(58-41)59-49(31-34-19-7-1-8-20-34)32-35-21-9-2-10-22-35/h1-30,40-43,48H,31-33H2/t40-,41+,42+,43-,48+/m1/s1. The Morgan fingerprint density at radius 1 is 0.492 bits per heavy atom. The van der Waals surface area contributed by atoms with Crippen molar-refractivity contribution in [2.75, 3.05) is 6.61 Å². The fourth-order valence-electron chi connectivity index (χ4n) is 6.47. The van der Waals surface area contributed by atoms with E-state index in [0.717, 1.165) is 11.1 Å². The lowest BCUT2D eigenvalue weighted by Gasteiger charge is -2.29. The van der Waals surface area contributed by atoms with Crippen LogP contribution in [0.3, 0.4) is 0 Å². The van der Waals surface area contributed by atoms with Crippen LogP contribution < -0.4 is 0 Å². The molecule has 1 aliphatic rings. The molecule has 0 unspecified atom stereocenters. The molecule has 0 radical (unpaired) electrons. The van der Waals surface area contributed by atoms with Gasteiger partial charge >= 0.3 is 23.9 Å². The molecule has 1 heterocycles. The molecule has 7 rings (SSSR count). The molecule has 1 saturated heterocycles. The highest BCUT2D eigenvalue weighted by molar-refractivity contribution is 7.97. The van der Waals surface area contributed by atoms with E-state index in [-0.39, 0.29) is 22.3 Å². The van der Waals surface area contributed by atoms with Crippen LogP contribution in [0, 0.1) is 0 Å². The second-order valence-electron chi connectivity index (χ2n) is 13.6. The van der Waals surface area contributed by atoms with E-state index in [1.807, 2.05) is 60.7 Å². The van der Waals surface area contributed by atoms with Crippen LogP contribution in [0.15, 0.2) is 182 Å². The second-order valence-corrected chi connectivity index (χ2v) is 14.8. The summed E-state index contributed by atoms with van der Waals surface area (Å²) in [6, 6.07) is 53.2. The normalized spacial score (nSPS) is 17.7. The minimum absolute atomic E-state index is 0.234. The van der Waals surface area contributed by atoms with Gasteiger partial charge in [-0.1, -0.05) is 133 Å². The van der Waals surface area contributed by atoms with Crippen molar-refractivity contribution in [3.8, 4) is 0 Å². The maximum Gasteiger partial charge on any atom is 0.338 e. The van der Waals surface area contributed by atoms with Gasteiger partial charge in [0.15, 0.2) is 23.7 Å². The molecule has 0 bridgehead atoms. The van der Waals surface area contributed by atoms with Crippen LogP contribution in [0.4, 0.5) is 0 Å². The number of esters is 4. The van der Waals surface area contributed by atoms with E-state index >= 15 is 0 Å². The molecule has 1 aliphatic heterocycles. The lowest BCUT2D eigenvalue weighted by molar-refractivity contribution is -0.0900. The van der Waals surface area contributed by atoms with Crippen molar-refractivity contribution in [2.45, 2.75) is 42.9 Å². The van der Waals surface area contributed by atoms with Crippen LogP contribution in [-0.4, -0.2) is 64.6 Å². The molecule has 6 aromatic carbocycles. The molecule has 0 N–H and O–H groups in total. The molecule has 0 spiro atoms. The van der Waals surface area contributed by atoms with Gasteiger partial charge in [-0.05, 0) is 71.6 Å². The number of hydrogen-bond acceptors (Lipinski definition) is 11. The molecular formula is C48H41NO9S. The van der Waals surface area contributed by atoms with E-state index in [0.29, 0.717) is 13.1 Å². The van der Waals surface area contributed by atoms with Crippen molar-refractivity contribution in [1.82, 2.24) is 4.31 Å². The lowest BCUT2D eigenvalue weighted by Crippen LogP contribution is -2.47. The summed E-state index contributed by atoms with van der Waals surface area (Å²) in [6.45, 7) is 0.435. The van der Waals surface area contributed by atoms with Crippen LogP contribution in [-0.2, 0) is 36.8 Å². The molecule has 0 aromatic heterocycles. The van der Waals surface area contributed by atoms with Crippen molar-refractivity contribution in [3.05, 3.63) is 215 Å². The zero-order valence-corrected chi connectivity index (χ0v) is 32.7. The Morgan fingerprint density at radius 3 is 1.31 bits per heavy atom. The van der Waals surface area contributed by atoms with Crippen LogP contribution in [0.1, 0.15) is 52.6 Å². The van der Waals surface area contributed by atoms with Crippen molar-refractivity contribution in [2.24, 2.45) is 0 Å². The average Bonchev–Trinajstić information content (AvgIpc) is 3.61. The monoisotopic (exact) mass is 807 g/mol. The topological polar surface area (TPSA) is 118 Å². The molecule has 6 aromatic rings. The highest BCUT2D eigenvalue weighted by Gasteiger charge is 2.55. The summed E-state index contributed by atoms with van der Waals surface area (Å²) in [7, 11) is 0. The Hall–Kier alpha value is -6.53. The number of hydrogen-bond donors (Lipinski definition) is 0. The highest BCUT2D eigenvalue weighted by atomic mass is 32.2. The first kappa shape index (κ1) is 40.7. The van der Waals surface area contributed by atoms with Gasteiger partial charge in [0.2, 0.25) is 0 Å². The summed E-state index contributed by atoms with van der Waals surface area (Å²) in [6.07, 6.45) is -5.24. The van der Waals surface area contributed by atoms with Gasteiger partial charge in [-0.2, -0.15) is 0 Å². The Labute approximate surface area is 346 Å². The van der Waals surface area contributed by atoms with Crippen molar-refractivity contribution in [1.29, 1.82) is 0 Å². The van der Waals surface area contributed by atoms with E-state index in [1.54, 1.807) is 121 Å². The maximum absolute atomic E-state index is 13.9. The molecule has 59 heavy (non-hydrogen) atoms. The molecule has 5 atom stereocenters. The van der Waals surface area contributed by atoms with E-state index < -0.39 is 60.3 Å². The number of benzene rings is 6. The molecule has 11 heteroatoms. The molecule has 1 fully saturated rings. The van der Waals surface area contributed by atoms with Crippen LogP contribution in [0.2, 0.25) is 0 Å². The SMILES string of the molecule is O=C(OC[C@@H](OC(=O)c1ccccc1)[C@@H]1O[C@@H](SN(Cc2ccccc2)Cc2ccccc2)[C@H](OC(=O)c2ccccc2)[C@H]1OC(=O)c1ccccc1)c1ccccc1. The predicted molar refractivity (Wildman–Crippen MR) is 222 cm³/mol. The Morgan fingerprint density at radius 2 is 0.864 bits per heavy atom. The van der Waals surface area contributed by atoms with Gasteiger partial charge in [-0.25, -0.2) is 23.5 Å². The lowest BCUT2D eigenvalue weighted by atomic mass is 10.1. The molecule has 0 saturated carbocycles. The quantitative estimate of drug-likeness (QED) is 0.0532. The number of carbonyl (C=O) groups is 4. The Bertz CT molecular complexity index is 2230. The van der Waals surface area contributed by atoms with Gasteiger partial charge in [0, 0.05) is 13.1 Å². The number of ether oxygens (including phenoxy) is 5. The number of rotatable bonds is 16. The van der Waals surface area contributed by atoms with Crippen LogP contribution in [0.5, 0.6) is 0 Å². The third-order valence-corrected chi connectivity index (χ3v) is 10.5. The van der Waals surface area contributed by atoms with Gasteiger partial charge in [0.25, 0.3) is 0 Å². The van der Waals surface area contributed by atoms with Gasteiger partial charge in [-0.15, -0.1) is 0 Å². The van der Waals surface area contributed by atoms with E-state index in [1.165, 1.54) is 11.9 Å². The Balaban J connectivity index is 1.28. The summed E-state index contributed by atoms with van der Waals surface area (Å²) in [4.78, 5) is 55.0. The number of nitrogens with zero attached hydrogens (tertiary/aromatic N) is 1. The van der Waals surface area contributed by atoms with Gasteiger partial charge in [-0.3, -0.25) is 0 Å². The average molecular weight is 808 g/mol. The minimum atomic E-state index is -1.35. The summed E-state index contributed by atoms with van der Waals surface area (Å²) in [5.41, 5.74) is 2.02. The van der Waals surface area contributed by atoms with Crippen molar-refractivity contribution < 1.29 is 42.9 Å². The molecule has 298 valence electrons. The first-order valence-corrected chi connectivity index (χ1v) is 19.9. The van der Waals surface area contributed by atoms with Gasteiger partial charge in [0.1, 0.15) is 12.7 Å². The molecule has 0 amide bonds. The Kier molecular flexibility index (Phi) is 14.0. The smallest absolute Gasteiger partial charge is 0.338 e. The van der Waals surface area contributed by atoms with Gasteiger partial charge < -0.3 is 23.7 Å². The van der Waals surface area contributed by atoms with Crippen molar-refractivity contribution >= 4 is 35.8 Å². The summed E-state index contributed by atoms with van der Waals surface area (Å²) >= 11 is 1.27. The van der Waals surface area contributed by atoms with E-state index in [4.69, 9.17) is 23.7 Å². The minimum Gasteiger partial charge on any atom is -0.458 e. The largest absolute Gasteiger partial charge is 0.458 e. The van der Waals surface area contributed by atoms with Crippen molar-refractivity contribution in [3.63, 3.8) is 0 Å². The maximum atomic E-state index is 13.9. The third-order valence-electron chi connectivity index (χ3n) is 9.39. The van der Waals surface area contributed by atoms with Crippen LogP contribution in [0.25, 0.3) is 0 Å². The first-order chi connectivity index (χ1) is 28.9. The molecular weight excluding hydrogens is 767 g/mol. The summed E-state index contributed by atoms with van der Waals surface area (Å²) in [5.74, 6) is -2.81. The van der Waals surface area contributed by atoms with Gasteiger partial charge in [0.05, 0.1) is 22.3 Å². The fourth-order valence-corrected chi connectivity index (χ4v) is 7.72. The second kappa shape index (κ2) is 20.2. The molecule has 0 aliphatic carbocycles. The van der Waals surface area contributed by atoms with E-state index in [9.17, 15) is 19.2 Å². The number of carbonyl (C=O) groups excluding carboxylic acids is 4. The summed E-state index contributed by atoms with van der Waals surface area (Å²) < 4.78 is 33.3. The van der Waals surface area contributed by atoms with Crippen LogP contribution >= 0.6 is 11.9 Å². The highest BCUT2D eigenvalue weighted by Crippen LogP contribution is 2.39. The van der Waals surface area contributed by atoms with E-state index in [2.05, 4.69) is 4.31 Å². The first-order valence-electron chi connectivity index (χ1n) is 19.1. The summed E-state index contributed by atoms with van der Waals surface area (Å²) in [5, 5.41) is 0. The molecule has 10 nitrogen and oxygen atoms in total. The predicted octanol–water partition coefficient (Wildman–Crippen LogP) is 8.60. The third kappa shape index (κ3) is 11.1. The zero-order chi connectivity index (χ0) is 40.8.